The minimum atomic E-state index is 0.897. The minimum absolute atomic E-state index is 0.897. The van der Waals surface area contributed by atoms with Crippen LogP contribution in [0.4, 0.5) is 0 Å². The average molecular weight is 213 g/mol. The molecule has 3 heteroatoms. The van der Waals surface area contributed by atoms with Gasteiger partial charge in [-0.1, -0.05) is 18.2 Å². The van der Waals surface area contributed by atoms with Crippen LogP contribution >= 0.6 is 0 Å². The molecule has 16 heavy (non-hydrogen) atoms. The second kappa shape index (κ2) is 3.76. The zero-order valence-electron chi connectivity index (χ0n) is 9.40. The highest BCUT2D eigenvalue weighted by Gasteiger charge is 2.15. The summed E-state index contributed by atoms with van der Waals surface area (Å²) in [6.45, 7) is 4.08. The number of aryl methyl sites for hydroxylation is 1. The number of aromatic nitrogens is 2. The predicted molar refractivity (Wildman–Crippen MR) is 63.7 cm³/mol. The lowest BCUT2D eigenvalue weighted by Crippen LogP contribution is -2.24. The molecule has 82 valence electrons. The first-order valence-corrected chi connectivity index (χ1v) is 5.68. The highest BCUT2D eigenvalue weighted by molar-refractivity contribution is 5.42. The van der Waals surface area contributed by atoms with E-state index in [0.29, 0.717) is 0 Å². The molecule has 0 spiro atoms. The molecule has 0 atom stereocenters. The highest BCUT2D eigenvalue weighted by atomic mass is 15.1. The summed E-state index contributed by atoms with van der Waals surface area (Å²) in [5.41, 5.74) is 5.09. The predicted octanol–water partition coefficient (Wildman–Crippen LogP) is 1.83. The summed E-state index contributed by atoms with van der Waals surface area (Å²) in [6, 6.07) is 8.45. The number of fused-ring (bicyclic) bond motifs is 1. The van der Waals surface area contributed by atoms with Crippen LogP contribution in [0.5, 0.6) is 0 Å². The Bertz CT molecular complexity index is 514. The van der Waals surface area contributed by atoms with Crippen LogP contribution in [0.15, 0.2) is 30.6 Å². The maximum absolute atomic E-state index is 4.47. The van der Waals surface area contributed by atoms with Crippen molar-refractivity contribution in [1.29, 1.82) is 0 Å². The maximum Gasteiger partial charge on any atom is 0.0998 e. The number of imidazole rings is 1. The van der Waals surface area contributed by atoms with Gasteiger partial charge in [-0.25, -0.2) is 4.98 Å². The standard InChI is InChI=1S/C13H15N3/c1-10-4-2-3-5-12(10)16-9-15-11-8-14-7-6-13(11)16/h2-5,9,14H,6-8H2,1H3. The van der Waals surface area contributed by atoms with Crippen molar-refractivity contribution in [2.45, 2.75) is 19.9 Å². The number of nitrogens with one attached hydrogen (secondary N) is 1. The first kappa shape index (κ1) is 9.60. The van der Waals surface area contributed by atoms with Crippen LogP contribution in [0, 0.1) is 6.92 Å². The van der Waals surface area contributed by atoms with Crippen molar-refractivity contribution < 1.29 is 0 Å². The molecule has 3 nitrogen and oxygen atoms in total. The van der Waals surface area contributed by atoms with Gasteiger partial charge in [-0.3, -0.25) is 0 Å². The Morgan fingerprint density at radius 2 is 2.19 bits per heavy atom. The van der Waals surface area contributed by atoms with E-state index in [1.54, 1.807) is 0 Å². The Morgan fingerprint density at radius 1 is 1.31 bits per heavy atom. The molecule has 0 fully saturated rings. The summed E-state index contributed by atoms with van der Waals surface area (Å²) in [4.78, 5) is 4.47. The van der Waals surface area contributed by atoms with Crippen molar-refractivity contribution in [2.24, 2.45) is 0 Å². The van der Waals surface area contributed by atoms with Crippen molar-refractivity contribution in [3.63, 3.8) is 0 Å². The lowest BCUT2D eigenvalue weighted by molar-refractivity contribution is 0.620. The molecule has 3 rings (SSSR count). The van der Waals surface area contributed by atoms with Gasteiger partial charge >= 0.3 is 0 Å². The van der Waals surface area contributed by atoms with Crippen molar-refractivity contribution in [3.05, 3.63) is 47.5 Å². The van der Waals surface area contributed by atoms with E-state index in [9.17, 15) is 0 Å². The third-order valence-electron chi connectivity index (χ3n) is 3.16. The van der Waals surface area contributed by atoms with Crippen molar-refractivity contribution in [1.82, 2.24) is 14.9 Å². The normalized spacial score (nSPS) is 14.8. The SMILES string of the molecule is Cc1ccccc1-n1cnc2c1CCNC2. The van der Waals surface area contributed by atoms with E-state index in [4.69, 9.17) is 0 Å². The summed E-state index contributed by atoms with van der Waals surface area (Å²) < 4.78 is 2.23. The Labute approximate surface area is 95.1 Å². The Balaban J connectivity index is 2.13. The van der Waals surface area contributed by atoms with Crippen LogP contribution in [-0.2, 0) is 13.0 Å². The maximum atomic E-state index is 4.47. The second-order valence-electron chi connectivity index (χ2n) is 4.22. The van der Waals surface area contributed by atoms with Gasteiger partial charge in [-0.15, -0.1) is 0 Å². The average Bonchev–Trinajstić information content (AvgIpc) is 2.74. The molecule has 0 saturated carbocycles. The molecular weight excluding hydrogens is 198 g/mol. The zero-order chi connectivity index (χ0) is 11.0. The van der Waals surface area contributed by atoms with E-state index in [1.165, 1.54) is 22.6 Å². The van der Waals surface area contributed by atoms with E-state index >= 15 is 0 Å². The molecule has 0 radical (unpaired) electrons. The number of rotatable bonds is 1. The van der Waals surface area contributed by atoms with E-state index in [-0.39, 0.29) is 0 Å². The first-order chi connectivity index (χ1) is 7.86. The molecule has 2 aromatic rings. The second-order valence-corrected chi connectivity index (χ2v) is 4.22. The Morgan fingerprint density at radius 3 is 3.06 bits per heavy atom. The zero-order valence-corrected chi connectivity index (χ0v) is 9.40. The minimum Gasteiger partial charge on any atom is -0.311 e. The van der Waals surface area contributed by atoms with Gasteiger partial charge in [0.1, 0.15) is 0 Å². The van der Waals surface area contributed by atoms with E-state index < -0.39 is 0 Å². The third-order valence-corrected chi connectivity index (χ3v) is 3.16. The van der Waals surface area contributed by atoms with Gasteiger partial charge in [-0.2, -0.15) is 0 Å². The van der Waals surface area contributed by atoms with Gasteiger partial charge in [-0.05, 0) is 18.6 Å². The van der Waals surface area contributed by atoms with Gasteiger partial charge in [0.25, 0.3) is 0 Å². The van der Waals surface area contributed by atoms with Crippen LogP contribution < -0.4 is 5.32 Å². The summed E-state index contributed by atoms with van der Waals surface area (Å²) in [7, 11) is 0. The molecule has 0 bridgehead atoms. The fraction of sp³-hybridized carbons (Fsp3) is 0.308. The Kier molecular flexibility index (Phi) is 2.26. The third kappa shape index (κ3) is 1.44. The van der Waals surface area contributed by atoms with E-state index in [1.807, 2.05) is 6.33 Å². The molecule has 0 unspecified atom stereocenters. The quantitative estimate of drug-likeness (QED) is 0.783. The van der Waals surface area contributed by atoms with Crippen molar-refractivity contribution >= 4 is 0 Å². The van der Waals surface area contributed by atoms with Gasteiger partial charge in [0.05, 0.1) is 12.0 Å². The number of hydrogen-bond donors (Lipinski definition) is 1. The Hall–Kier alpha value is -1.61. The van der Waals surface area contributed by atoms with Crippen LogP contribution in [0.1, 0.15) is 17.0 Å². The first-order valence-electron chi connectivity index (χ1n) is 5.68. The summed E-state index contributed by atoms with van der Waals surface area (Å²) >= 11 is 0. The van der Waals surface area contributed by atoms with Crippen LogP contribution in [0.25, 0.3) is 5.69 Å². The summed E-state index contributed by atoms with van der Waals surface area (Å²) in [5.74, 6) is 0. The topological polar surface area (TPSA) is 29.9 Å². The molecule has 0 saturated heterocycles. The molecule has 2 heterocycles. The number of benzene rings is 1. The molecule has 0 amide bonds. The van der Waals surface area contributed by atoms with E-state index in [0.717, 1.165) is 19.5 Å². The molecule has 1 aliphatic heterocycles. The van der Waals surface area contributed by atoms with Gasteiger partial charge in [0, 0.05) is 30.9 Å². The molecule has 1 aliphatic rings. The van der Waals surface area contributed by atoms with Crippen molar-refractivity contribution in [3.8, 4) is 5.69 Å². The van der Waals surface area contributed by atoms with Gasteiger partial charge in [0.2, 0.25) is 0 Å². The lowest BCUT2D eigenvalue weighted by Gasteiger charge is -2.16. The highest BCUT2D eigenvalue weighted by Crippen LogP contribution is 2.20. The van der Waals surface area contributed by atoms with Crippen LogP contribution in [0.2, 0.25) is 0 Å². The van der Waals surface area contributed by atoms with Crippen molar-refractivity contribution in [2.75, 3.05) is 6.54 Å². The molecule has 1 aromatic heterocycles. The number of hydrogen-bond acceptors (Lipinski definition) is 2. The molecular formula is C13H15N3. The fourth-order valence-corrected chi connectivity index (χ4v) is 2.28. The van der Waals surface area contributed by atoms with E-state index in [2.05, 4.69) is 46.1 Å². The monoisotopic (exact) mass is 213 g/mol. The van der Waals surface area contributed by atoms with Crippen LogP contribution in [0.3, 0.4) is 0 Å². The summed E-state index contributed by atoms with van der Waals surface area (Å²) in [6.07, 6.45) is 3.00. The van der Waals surface area contributed by atoms with Gasteiger partial charge in [0.15, 0.2) is 0 Å². The number of nitrogens with zero attached hydrogens (tertiary/aromatic N) is 2. The van der Waals surface area contributed by atoms with Gasteiger partial charge < -0.3 is 9.88 Å². The number of para-hydroxylation sites is 1. The summed E-state index contributed by atoms with van der Waals surface area (Å²) in [5, 5.41) is 3.34. The largest absolute Gasteiger partial charge is 0.311 e. The smallest absolute Gasteiger partial charge is 0.0998 e. The molecule has 0 aliphatic carbocycles. The fourth-order valence-electron chi connectivity index (χ4n) is 2.28. The molecule has 1 aromatic carbocycles. The van der Waals surface area contributed by atoms with Crippen LogP contribution in [-0.4, -0.2) is 16.1 Å². The molecule has 1 N–H and O–H groups in total. The lowest BCUT2D eigenvalue weighted by atomic mass is 10.1.